The van der Waals surface area contributed by atoms with Crippen molar-refractivity contribution < 1.29 is 4.79 Å². The van der Waals surface area contributed by atoms with Crippen molar-refractivity contribution in [2.75, 3.05) is 57.3 Å². The van der Waals surface area contributed by atoms with Crippen LogP contribution in [0.15, 0.2) is 121 Å². The Hall–Kier alpha value is -3.03. The Labute approximate surface area is 299 Å². The van der Waals surface area contributed by atoms with Gasteiger partial charge in [-0.05, 0) is 80.0 Å². The average Bonchev–Trinajstić information content (AvgIpc) is 3.16. The smallest absolute Gasteiger partial charge is 0.229 e. The summed E-state index contributed by atoms with van der Waals surface area (Å²) in [5.41, 5.74) is 5.40. The summed E-state index contributed by atoms with van der Waals surface area (Å²) >= 11 is 6.16. The number of piperidine rings is 1. The number of nitrogens with zero attached hydrogens (tertiary/aromatic N) is 2. The van der Waals surface area contributed by atoms with Crippen LogP contribution in [-0.2, 0) is 9.54 Å². The summed E-state index contributed by atoms with van der Waals surface area (Å²) in [6, 6.07) is 43.9. The lowest BCUT2D eigenvalue weighted by Gasteiger charge is -2.36. The largest absolute Gasteiger partial charge is 0.354 e. The molecule has 0 atom stereocenters. The quantitative estimate of drug-likeness (QED) is 0.0592. The van der Waals surface area contributed by atoms with Gasteiger partial charge in [0.1, 0.15) is 0 Å². The maximum atomic E-state index is 11.9. The number of likely N-dealkylation sites (tertiary alicyclic amines) is 1. The monoisotopic (exact) mass is 679 g/mol. The fraction of sp³-hybridized carbons (Fsp3) is 0.405. The number of hydrogen-bond acceptors (Lipinski definition) is 5. The zero-order chi connectivity index (χ0) is 33.3. The van der Waals surface area contributed by atoms with Gasteiger partial charge in [0.2, 0.25) is 5.91 Å². The van der Waals surface area contributed by atoms with Crippen LogP contribution in [0.3, 0.4) is 0 Å². The molecular weight excluding hydrogens is 627 g/mol. The SMILES string of the molecule is O=C(CS)NCCN(CCCCCCN1CCC(c2ccccc2)CC1)CCSC(c1ccccc1)(c1ccccc1)c1ccccc1. The highest BCUT2D eigenvalue weighted by atomic mass is 32.2. The molecule has 0 saturated carbocycles. The van der Waals surface area contributed by atoms with Crippen LogP contribution in [0.2, 0.25) is 0 Å². The van der Waals surface area contributed by atoms with E-state index >= 15 is 0 Å². The minimum Gasteiger partial charge on any atom is -0.354 e. The van der Waals surface area contributed by atoms with E-state index in [2.05, 4.69) is 149 Å². The summed E-state index contributed by atoms with van der Waals surface area (Å²) in [7, 11) is 0. The molecule has 0 unspecified atom stereocenters. The standard InChI is InChI=1S/C42H53N3OS2/c46-41(35-47)43-27-32-45(29-16-2-1-15-28-44-30-25-37(26-31-44)36-17-7-3-8-18-36)33-34-48-42(38-19-9-4-10-20-38,39-21-11-5-12-22-39)40-23-13-6-14-24-40/h3-14,17-24,37,47H,1-2,15-16,25-35H2,(H,43,46). The van der Waals surface area contributed by atoms with Gasteiger partial charge in [-0.25, -0.2) is 0 Å². The lowest BCUT2D eigenvalue weighted by Crippen LogP contribution is -2.37. The van der Waals surface area contributed by atoms with Gasteiger partial charge < -0.3 is 15.1 Å². The number of thioether (sulfide) groups is 1. The Morgan fingerprint density at radius 1 is 0.708 bits per heavy atom. The van der Waals surface area contributed by atoms with Crippen molar-refractivity contribution in [3.8, 4) is 0 Å². The van der Waals surface area contributed by atoms with E-state index in [1.165, 1.54) is 80.4 Å². The van der Waals surface area contributed by atoms with Crippen LogP contribution < -0.4 is 5.32 Å². The Bertz CT molecular complexity index is 1350. The van der Waals surface area contributed by atoms with Crippen LogP contribution in [0.1, 0.15) is 66.7 Å². The molecule has 1 N–H and O–H groups in total. The zero-order valence-electron chi connectivity index (χ0n) is 28.4. The van der Waals surface area contributed by atoms with E-state index in [0.29, 0.717) is 6.54 Å². The molecule has 4 nitrogen and oxygen atoms in total. The fourth-order valence-electron chi connectivity index (χ4n) is 7.08. The first-order chi connectivity index (χ1) is 23.7. The molecule has 4 aromatic carbocycles. The third kappa shape index (κ3) is 10.5. The zero-order valence-corrected chi connectivity index (χ0v) is 30.1. The molecule has 0 aromatic heterocycles. The second-order valence-electron chi connectivity index (χ2n) is 12.9. The maximum absolute atomic E-state index is 11.9. The van der Waals surface area contributed by atoms with Crippen molar-refractivity contribution in [1.29, 1.82) is 0 Å². The number of carbonyl (C=O) groups excluding carboxylic acids is 1. The summed E-state index contributed by atoms with van der Waals surface area (Å²) in [6.07, 6.45) is 7.54. The van der Waals surface area contributed by atoms with Crippen LogP contribution >= 0.6 is 24.4 Å². The van der Waals surface area contributed by atoms with Gasteiger partial charge in [0.05, 0.1) is 10.5 Å². The second kappa shape index (κ2) is 19.8. The number of carbonyl (C=O) groups is 1. The topological polar surface area (TPSA) is 35.6 Å². The Morgan fingerprint density at radius 2 is 1.23 bits per heavy atom. The molecule has 6 heteroatoms. The van der Waals surface area contributed by atoms with Gasteiger partial charge in [0, 0.05) is 25.4 Å². The van der Waals surface area contributed by atoms with E-state index in [-0.39, 0.29) is 16.4 Å². The Kier molecular flexibility index (Phi) is 15.0. The number of amides is 1. The number of thiol groups is 1. The molecule has 254 valence electrons. The molecule has 1 aliphatic heterocycles. The average molecular weight is 680 g/mol. The summed E-state index contributed by atoms with van der Waals surface area (Å²) < 4.78 is -0.314. The van der Waals surface area contributed by atoms with Crippen molar-refractivity contribution in [1.82, 2.24) is 15.1 Å². The van der Waals surface area contributed by atoms with E-state index in [0.717, 1.165) is 31.3 Å². The third-order valence-electron chi connectivity index (χ3n) is 9.72. The molecule has 0 aliphatic carbocycles. The van der Waals surface area contributed by atoms with Gasteiger partial charge in [0.15, 0.2) is 0 Å². The molecule has 1 heterocycles. The first-order valence-corrected chi connectivity index (χ1v) is 19.5. The van der Waals surface area contributed by atoms with Gasteiger partial charge in [-0.2, -0.15) is 12.6 Å². The van der Waals surface area contributed by atoms with E-state index in [1.807, 2.05) is 11.8 Å². The first kappa shape index (κ1) is 36.3. The summed E-state index contributed by atoms with van der Waals surface area (Å²) in [5, 5.41) is 3.04. The van der Waals surface area contributed by atoms with Gasteiger partial charge in [0.25, 0.3) is 0 Å². The molecule has 4 aromatic rings. The van der Waals surface area contributed by atoms with Crippen LogP contribution in [0.4, 0.5) is 0 Å². The van der Waals surface area contributed by atoms with E-state index in [9.17, 15) is 4.79 Å². The predicted octanol–water partition coefficient (Wildman–Crippen LogP) is 8.50. The van der Waals surface area contributed by atoms with Crippen LogP contribution in [0.25, 0.3) is 0 Å². The number of benzene rings is 4. The molecule has 0 bridgehead atoms. The summed E-state index contributed by atoms with van der Waals surface area (Å²) in [5.74, 6) is 1.92. The highest BCUT2D eigenvalue weighted by Crippen LogP contribution is 2.48. The molecule has 0 spiro atoms. The van der Waals surface area contributed by atoms with Crippen molar-refractivity contribution in [2.24, 2.45) is 0 Å². The molecule has 1 aliphatic rings. The molecule has 48 heavy (non-hydrogen) atoms. The summed E-state index contributed by atoms with van der Waals surface area (Å²) in [4.78, 5) is 17.2. The Balaban J connectivity index is 1.14. The lowest BCUT2D eigenvalue weighted by molar-refractivity contribution is -0.118. The van der Waals surface area contributed by atoms with Gasteiger partial charge in [-0.15, -0.1) is 11.8 Å². The van der Waals surface area contributed by atoms with Gasteiger partial charge >= 0.3 is 0 Å². The van der Waals surface area contributed by atoms with Crippen LogP contribution in [0.5, 0.6) is 0 Å². The van der Waals surface area contributed by atoms with E-state index in [4.69, 9.17) is 0 Å². The number of rotatable bonds is 19. The number of hydrogen-bond donors (Lipinski definition) is 2. The highest BCUT2D eigenvalue weighted by molar-refractivity contribution is 8.00. The third-order valence-corrected chi connectivity index (χ3v) is 11.5. The first-order valence-electron chi connectivity index (χ1n) is 17.9. The van der Waals surface area contributed by atoms with Crippen molar-refractivity contribution in [2.45, 2.75) is 49.2 Å². The number of unbranched alkanes of at least 4 members (excludes halogenated alkanes) is 3. The minimum absolute atomic E-state index is 0.00305. The van der Waals surface area contributed by atoms with Crippen molar-refractivity contribution >= 4 is 30.3 Å². The van der Waals surface area contributed by atoms with Crippen molar-refractivity contribution in [3.63, 3.8) is 0 Å². The number of nitrogens with one attached hydrogen (secondary N) is 1. The van der Waals surface area contributed by atoms with Gasteiger partial charge in [-0.3, -0.25) is 4.79 Å². The van der Waals surface area contributed by atoms with Crippen molar-refractivity contribution in [3.05, 3.63) is 144 Å². The van der Waals surface area contributed by atoms with Crippen LogP contribution in [-0.4, -0.2) is 73.0 Å². The molecule has 5 rings (SSSR count). The molecule has 1 saturated heterocycles. The Morgan fingerprint density at radius 3 is 1.77 bits per heavy atom. The van der Waals surface area contributed by atoms with Gasteiger partial charge in [-0.1, -0.05) is 134 Å². The fourth-order valence-corrected chi connectivity index (χ4v) is 8.76. The predicted molar refractivity (Wildman–Crippen MR) is 208 cm³/mol. The molecular formula is C42H53N3OS2. The lowest BCUT2D eigenvalue weighted by atomic mass is 9.84. The van der Waals surface area contributed by atoms with E-state index in [1.54, 1.807) is 0 Å². The second-order valence-corrected chi connectivity index (χ2v) is 14.5. The highest BCUT2D eigenvalue weighted by Gasteiger charge is 2.36. The van der Waals surface area contributed by atoms with E-state index < -0.39 is 0 Å². The molecule has 1 amide bonds. The molecule has 0 radical (unpaired) electrons. The normalized spacial score (nSPS) is 14.3. The maximum Gasteiger partial charge on any atom is 0.229 e. The molecule has 1 fully saturated rings. The summed E-state index contributed by atoms with van der Waals surface area (Å²) in [6.45, 7) is 7.19. The minimum atomic E-state index is -0.314. The van der Waals surface area contributed by atoms with Crippen LogP contribution in [0, 0.1) is 0 Å².